The maximum absolute atomic E-state index is 10.8. The van der Waals surface area contributed by atoms with Crippen molar-refractivity contribution in [1.29, 1.82) is 0 Å². The summed E-state index contributed by atoms with van der Waals surface area (Å²) < 4.78 is 7.30. The highest BCUT2D eigenvalue weighted by Gasteiger charge is 2.09. The van der Waals surface area contributed by atoms with Crippen molar-refractivity contribution in [2.75, 3.05) is 7.11 Å². The highest BCUT2D eigenvalue weighted by molar-refractivity contribution is 5.82. The minimum absolute atomic E-state index is 0.0684. The van der Waals surface area contributed by atoms with Gasteiger partial charge in [-0.25, -0.2) is 0 Å². The second-order valence-corrected chi connectivity index (χ2v) is 5.92. The Kier molecular flexibility index (Phi) is 4.84. The van der Waals surface area contributed by atoms with Crippen LogP contribution in [0.15, 0.2) is 59.6 Å². The molecule has 0 amide bonds. The first-order valence-electron chi connectivity index (χ1n) is 8.11. The van der Waals surface area contributed by atoms with Gasteiger partial charge in [0.25, 0.3) is 5.69 Å². The standard InChI is InChI=1S/C20H19N3O3/c1-14-12-17(23(24)25)8-11-20(14)21-13-18-5-4-15(2)22(18)16-6-9-19(26-3)10-7-16/h4-13H,1-3H3. The number of benzene rings is 2. The second kappa shape index (κ2) is 7.23. The zero-order valence-electron chi connectivity index (χ0n) is 14.8. The Morgan fingerprint density at radius 1 is 1.08 bits per heavy atom. The van der Waals surface area contributed by atoms with E-state index in [-0.39, 0.29) is 5.69 Å². The van der Waals surface area contributed by atoms with Crippen molar-refractivity contribution < 1.29 is 9.66 Å². The molecule has 0 aliphatic rings. The number of aryl methyl sites for hydroxylation is 2. The molecule has 3 aromatic rings. The van der Waals surface area contributed by atoms with Crippen molar-refractivity contribution in [3.05, 3.63) is 81.7 Å². The third kappa shape index (κ3) is 3.49. The van der Waals surface area contributed by atoms with Gasteiger partial charge < -0.3 is 9.30 Å². The fourth-order valence-corrected chi connectivity index (χ4v) is 2.78. The summed E-state index contributed by atoms with van der Waals surface area (Å²) in [4.78, 5) is 15.0. The molecule has 0 saturated carbocycles. The lowest BCUT2D eigenvalue weighted by Gasteiger charge is -2.10. The molecule has 0 N–H and O–H groups in total. The Labute approximate surface area is 151 Å². The molecule has 3 rings (SSSR count). The molecule has 0 radical (unpaired) electrons. The summed E-state index contributed by atoms with van der Waals surface area (Å²) in [6.45, 7) is 3.84. The highest BCUT2D eigenvalue weighted by Crippen LogP contribution is 2.24. The summed E-state index contributed by atoms with van der Waals surface area (Å²) in [5.41, 5.74) is 4.54. The number of methoxy groups -OCH3 is 1. The summed E-state index contributed by atoms with van der Waals surface area (Å²) in [7, 11) is 1.64. The van der Waals surface area contributed by atoms with Gasteiger partial charge in [0.15, 0.2) is 0 Å². The lowest BCUT2D eigenvalue weighted by Crippen LogP contribution is -2.01. The zero-order chi connectivity index (χ0) is 18.7. The van der Waals surface area contributed by atoms with Crippen LogP contribution in [-0.2, 0) is 0 Å². The molecule has 6 heteroatoms. The van der Waals surface area contributed by atoms with Crippen molar-refractivity contribution in [2.24, 2.45) is 4.99 Å². The van der Waals surface area contributed by atoms with Crippen LogP contribution in [0.4, 0.5) is 11.4 Å². The number of nitro groups is 1. The highest BCUT2D eigenvalue weighted by atomic mass is 16.6. The predicted molar refractivity (Wildman–Crippen MR) is 102 cm³/mol. The van der Waals surface area contributed by atoms with E-state index in [4.69, 9.17) is 4.74 Å². The van der Waals surface area contributed by atoms with Gasteiger partial charge in [-0.3, -0.25) is 15.1 Å². The minimum Gasteiger partial charge on any atom is -0.497 e. The molecule has 0 spiro atoms. The van der Waals surface area contributed by atoms with E-state index >= 15 is 0 Å². The number of aromatic nitrogens is 1. The van der Waals surface area contributed by atoms with E-state index < -0.39 is 4.92 Å². The normalized spacial score (nSPS) is 11.0. The molecule has 132 valence electrons. The maximum Gasteiger partial charge on any atom is 0.269 e. The van der Waals surface area contributed by atoms with Crippen molar-refractivity contribution in [2.45, 2.75) is 13.8 Å². The third-order valence-corrected chi connectivity index (χ3v) is 4.16. The van der Waals surface area contributed by atoms with Gasteiger partial charge in [-0.2, -0.15) is 0 Å². The lowest BCUT2D eigenvalue weighted by atomic mass is 10.2. The van der Waals surface area contributed by atoms with Crippen molar-refractivity contribution in [1.82, 2.24) is 4.57 Å². The number of hydrogen-bond acceptors (Lipinski definition) is 4. The molecule has 0 fully saturated rings. The smallest absolute Gasteiger partial charge is 0.269 e. The largest absolute Gasteiger partial charge is 0.497 e. The Morgan fingerprint density at radius 2 is 1.81 bits per heavy atom. The average Bonchev–Trinajstić information content (AvgIpc) is 3.01. The maximum atomic E-state index is 10.8. The van der Waals surface area contributed by atoms with Gasteiger partial charge in [-0.1, -0.05) is 0 Å². The first-order valence-corrected chi connectivity index (χ1v) is 8.11. The zero-order valence-corrected chi connectivity index (χ0v) is 14.8. The summed E-state index contributed by atoms with van der Waals surface area (Å²) in [6, 6.07) is 16.5. The molecule has 1 aromatic heterocycles. The monoisotopic (exact) mass is 349 g/mol. The summed E-state index contributed by atoms with van der Waals surface area (Å²) in [6.07, 6.45) is 1.77. The molecule has 0 unspecified atom stereocenters. The van der Waals surface area contributed by atoms with Crippen LogP contribution in [-0.4, -0.2) is 22.8 Å². The van der Waals surface area contributed by atoms with Crippen LogP contribution in [0.3, 0.4) is 0 Å². The first kappa shape index (κ1) is 17.4. The molecule has 0 saturated heterocycles. The molecule has 2 aromatic carbocycles. The molecule has 6 nitrogen and oxygen atoms in total. The van der Waals surface area contributed by atoms with Gasteiger partial charge in [-0.05, 0) is 61.9 Å². The molecular formula is C20H19N3O3. The van der Waals surface area contributed by atoms with Crippen LogP contribution in [0, 0.1) is 24.0 Å². The van der Waals surface area contributed by atoms with Gasteiger partial charge in [-0.15, -0.1) is 0 Å². The van der Waals surface area contributed by atoms with Crippen molar-refractivity contribution >= 4 is 17.6 Å². The number of rotatable bonds is 5. The van der Waals surface area contributed by atoms with E-state index in [0.717, 1.165) is 28.4 Å². The number of nitrogens with zero attached hydrogens (tertiary/aromatic N) is 3. The van der Waals surface area contributed by atoms with Crippen LogP contribution in [0.2, 0.25) is 0 Å². The molecule has 0 atom stereocenters. The quantitative estimate of drug-likeness (QED) is 0.379. The molecule has 0 aliphatic heterocycles. The van der Waals surface area contributed by atoms with Crippen LogP contribution < -0.4 is 4.74 Å². The Balaban J connectivity index is 1.93. The number of ether oxygens (including phenoxy) is 1. The molecule has 0 aliphatic carbocycles. The predicted octanol–water partition coefficient (Wildman–Crippen LogP) is 4.76. The SMILES string of the molecule is COc1ccc(-n2c(C)ccc2C=Nc2ccc([N+](=O)[O-])cc2C)cc1. The van der Waals surface area contributed by atoms with Gasteiger partial charge in [0, 0.05) is 23.5 Å². The fraction of sp³-hybridized carbons (Fsp3) is 0.150. The summed E-state index contributed by atoms with van der Waals surface area (Å²) >= 11 is 0. The van der Waals surface area contributed by atoms with Crippen LogP contribution in [0.1, 0.15) is 17.0 Å². The van der Waals surface area contributed by atoms with E-state index in [1.54, 1.807) is 19.4 Å². The summed E-state index contributed by atoms with van der Waals surface area (Å²) in [5, 5.41) is 10.8. The van der Waals surface area contributed by atoms with Gasteiger partial charge in [0.1, 0.15) is 5.75 Å². The van der Waals surface area contributed by atoms with Gasteiger partial charge in [0.2, 0.25) is 0 Å². The number of non-ortho nitro benzene ring substituents is 1. The molecule has 0 bridgehead atoms. The van der Waals surface area contributed by atoms with Crippen molar-refractivity contribution in [3.8, 4) is 11.4 Å². The van der Waals surface area contributed by atoms with Crippen LogP contribution >= 0.6 is 0 Å². The second-order valence-electron chi connectivity index (χ2n) is 5.92. The molecular weight excluding hydrogens is 330 g/mol. The van der Waals surface area contributed by atoms with Crippen LogP contribution in [0.25, 0.3) is 5.69 Å². The average molecular weight is 349 g/mol. The van der Waals surface area contributed by atoms with E-state index in [0.29, 0.717) is 5.69 Å². The summed E-state index contributed by atoms with van der Waals surface area (Å²) in [5.74, 6) is 0.801. The number of nitro benzene ring substituents is 1. The Morgan fingerprint density at radius 3 is 2.42 bits per heavy atom. The van der Waals surface area contributed by atoms with E-state index in [1.807, 2.05) is 50.2 Å². The Hall–Kier alpha value is -3.41. The van der Waals surface area contributed by atoms with E-state index in [1.165, 1.54) is 12.1 Å². The van der Waals surface area contributed by atoms with Gasteiger partial charge in [0.05, 0.1) is 29.6 Å². The van der Waals surface area contributed by atoms with Crippen molar-refractivity contribution in [3.63, 3.8) is 0 Å². The topological polar surface area (TPSA) is 69.7 Å². The van der Waals surface area contributed by atoms with Gasteiger partial charge >= 0.3 is 0 Å². The third-order valence-electron chi connectivity index (χ3n) is 4.16. The lowest BCUT2D eigenvalue weighted by molar-refractivity contribution is -0.384. The van der Waals surface area contributed by atoms with E-state index in [2.05, 4.69) is 9.56 Å². The minimum atomic E-state index is -0.404. The molecule has 1 heterocycles. The first-order chi connectivity index (χ1) is 12.5. The fourth-order valence-electron chi connectivity index (χ4n) is 2.78. The van der Waals surface area contributed by atoms with Crippen LogP contribution in [0.5, 0.6) is 5.75 Å². The molecule has 26 heavy (non-hydrogen) atoms. The Bertz CT molecular complexity index is 972. The number of aliphatic imine (C=N–C) groups is 1. The van der Waals surface area contributed by atoms with E-state index in [9.17, 15) is 10.1 Å². The number of hydrogen-bond donors (Lipinski definition) is 0.